The molecule has 1 heterocycles. The first kappa shape index (κ1) is 10.9. The van der Waals surface area contributed by atoms with E-state index in [2.05, 4.69) is 4.98 Å². The van der Waals surface area contributed by atoms with E-state index in [0.717, 1.165) is 12.3 Å². The molecule has 0 bridgehead atoms. The quantitative estimate of drug-likeness (QED) is 0.730. The lowest BCUT2D eigenvalue weighted by Gasteiger charge is -2.13. The van der Waals surface area contributed by atoms with Crippen LogP contribution in [0.1, 0.15) is 11.7 Å². The molecule has 0 aliphatic carbocycles. The zero-order valence-electron chi connectivity index (χ0n) is 7.85. The number of para-hydroxylation sites is 1. The number of aliphatic hydroxyl groups excluding tert-OH is 1. The van der Waals surface area contributed by atoms with Gasteiger partial charge in [-0.3, -0.25) is 0 Å². The standard InChI is InChI=1S/C10H7F4NO/c11-7-3-1-2-5-6(4-15-8(5)7)9(16)10(12,13)14/h1-4,9,15-16H. The van der Waals surface area contributed by atoms with Crippen molar-refractivity contribution < 1.29 is 22.7 Å². The van der Waals surface area contributed by atoms with E-state index < -0.39 is 18.1 Å². The van der Waals surface area contributed by atoms with Crippen molar-refractivity contribution in [1.29, 1.82) is 0 Å². The summed E-state index contributed by atoms with van der Waals surface area (Å²) in [4.78, 5) is 2.37. The summed E-state index contributed by atoms with van der Waals surface area (Å²) in [6, 6.07) is 3.74. The van der Waals surface area contributed by atoms with E-state index in [9.17, 15) is 17.6 Å². The van der Waals surface area contributed by atoms with E-state index in [1.54, 1.807) is 0 Å². The Kier molecular flexibility index (Phi) is 2.38. The molecule has 2 N–H and O–H groups in total. The third kappa shape index (κ3) is 1.65. The third-order valence-corrected chi connectivity index (χ3v) is 2.30. The molecule has 0 radical (unpaired) electrons. The van der Waals surface area contributed by atoms with Crippen LogP contribution < -0.4 is 0 Å². The van der Waals surface area contributed by atoms with Crippen molar-refractivity contribution in [2.75, 3.05) is 0 Å². The maximum absolute atomic E-state index is 13.2. The van der Waals surface area contributed by atoms with E-state index >= 15 is 0 Å². The predicted molar refractivity (Wildman–Crippen MR) is 49.3 cm³/mol. The normalized spacial score (nSPS) is 14.3. The van der Waals surface area contributed by atoms with E-state index in [1.807, 2.05) is 0 Å². The van der Waals surface area contributed by atoms with E-state index in [1.165, 1.54) is 12.1 Å². The lowest BCUT2D eigenvalue weighted by atomic mass is 10.1. The molecular weight excluding hydrogens is 226 g/mol. The Bertz CT molecular complexity index is 517. The van der Waals surface area contributed by atoms with Crippen molar-refractivity contribution in [3.63, 3.8) is 0 Å². The number of hydrogen-bond acceptors (Lipinski definition) is 1. The van der Waals surface area contributed by atoms with Gasteiger partial charge in [-0.2, -0.15) is 13.2 Å². The molecule has 2 rings (SSSR count). The van der Waals surface area contributed by atoms with Gasteiger partial charge in [0.2, 0.25) is 0 Å². The van der Waals surface area contributed by atoms with Gasteiger partial charge < -0.3 is 10.1 Å². The highest BCUT2D eigenvalue weighted by atomic mass is 19.4. The Hall–Kier alpha value is -1.56. The van der Waals surface area contributed by atoms with E-state index in [-0.39, 0.29) is 16.5 Å². The number of halogens is 4. The maximum Gasteiger partial charge on any atom is 0.418 e. The highest BCUT2D eigenvalue weighted by Gasteiger charge is 2.40. The van der Waals surface area contributed by atoms with Gasteiger partial charge in [-0.05, 0) is 6.07 Å². The molecule has 0 aliphatic rings. The van der Waals surface area contributed by atoms with Gasteiger partial charge in [0, 0.05) is 17.1 Å². The minimum absolute atomic E-state index is 0.0322. The predicted octanol–water partition coefficient (Wildman–Crippen LogP) is 2.90. The van der Waals surface area contributed by atoms with E-state index in [0.29, 0.717) is 0 Å². The number of rotatable bonds is 1. The van der Waals surface area contributed by atoms with Gasteiger partial charge >= 0.3 is 6.18 Å². The van der Waals surface area contributed by atoms with Gasteiger partial charge in [-0.15, -0.1) is 0 Å². The number of hydrogen-bond donors (Lipinski definition) is 2. The molecule has 1 aromatic carbocycles. The SMILES string of the molecule is OC(c1c[nH]c2c(F)cccc12)C(F)(F)F. The molecule has 16 heavy (non-hydrogen) atoms. The zero-order chi connectivity index (χ0) is 11.9. The van der Waals surface area contributed by atoms with Crippen molar-refractivity contribution in [2.24, 2.45) is 0 Å². The smallest absolute Gasteiger partial charge is 0.379 e. The van der Waals surface area contributed by atoms with Crippen molar-refractivity contribution in [2.45, 2.75) is 12.3 Å². The number of benzene rings is 1. The van der Waals surface area contributed by atoms with Crippen LogP contribution in [0.2, 0.25) is 0 Å². The van der Waals surface area contributed by atoms with Crippen molar-refractivity contribution in [3.8, 4) is 0 Å². The van der Waals surface area contributed by atoms with Crippen LogP contribution in [0.15, 0.2) is 24.4 Å². The third-order valence-electron chi connectivity index (χ3n) is 2.30. The van der Waals surface area contributed by atoms with Gasteiger partial charge in [0.05, 0.1) is 5.52 Å². The highest BCUT2D eigenvalue weighted by molar-refractivity contribution is 5.84. The topological polar surface area (TPSA) is 36.0 Å². The minimum atomic E-state index is -4.76. The lowest BCUT2D eigenvalue weighted by molar-refractivity contribution is -0.206. The number of aromatic amines is 1. The first-order chi connectivity index (χ1) is 7.41. The van der Waals surface area contributed by atoms with Crippen LogP contribution in [-0.4, -0.2) is 16.3 Å². The Morgan fingerprint density at radius 3 is 2.56 bits per heavy atom. The lowest BCUT2D eigenvalue weighted by Crippen LogP contribution is -2.19. The fraction of sp³-hybridized carbons (Fsp3) is 0.200. The van der Waals surface area contributed by atoms with Crippen LogP contribution in [0.3, 0.4) is 0 Å². The van der Waals surface area contributed by atoms with Crippen LogP contribution in [0, 0.1) is 5.82 Å². The Balaban J connectivity index is 2.59. The summed E-state index contributed by atoms with van der Waals surface area (Å²) in [6.07, 6.45) is -6.41. The van der Waals surface area contributed by atoms with Gasteiger partial charge in [0.15, 0.2) is 6.10 Å². The first-order valence-corrected chi connectivity index (χ1v) is 4.41. The molecule has 86 valence electrons. The largest absolute Gasteiger partial charge is 0.418 e. The number of aliphatic hydroxyl groups is 1. The second kappa shape index (κ2) is 3.48. The molecule has 2 nitrogen and oxygen atoms in total. The van der Waals surface area contributed by atoms with Crippen molar-refractivity contribution in [1.82, 2.24) is 4.98 Å². The molecule has 1 unspecified atom stereocenters. The van der Waals surface area contributed by atoms with Crippen LogP contribution >= 0.6 is 0 Å². The molecule has 0 aliphatic heterocycles. The summed E-state index contributed by atoms with van der Waals surface area (Å²) in [6.45, 7) is 0. The Morgan fingerprint density at radius 1 is 1.25 bits per heavy atom. The molecule has 1 atom stereocenters. The zero-order valence-corrected chi connectivity index (χ0v) is 7.85. The summed E-state index contributed by atoms with van der Waals surface area (Å²) in [7, 11) is 0. The van der Waals surface area contributed by atoms with Crippen molar-refractivity contribution >= 4 is 10.9 Å². The van der Waals surface area contributed by atoms with Gasteiger partial charge in [-0.25, -0.2) is 4.39 Å². The molecule has 2 aromatic rings. The van der Waals surface area contributed by atoms with Crippen LogP contribution in [0.4, 0.5) is 17.6 Å². The van der Waals surface area contributed by atoms with Crippen LogP contribution in [0.25, 0.3) is 10.9 Å². The second-order valence-corrected chi connectivity index (χ2v) is 3.35. The summed E-state index contributed by atoms with van der Waals surface area (Å²) in [5.41, 5.74) is -0.414. The van der Waals surface area contributed by atoms with Crippen molar-refractivity contribution in [3.05, 3.63) is 35.8 Å². The molecule has 0 fully saturated rings. The second-order valence-electron chi connectivity index (χ2n) is 3.35. The average molecular weight is 233 g/mol. The molecule has 0 amide bonds. The van der Waals surface area contributed by atoms with Crippen LogP contribution in [0.5, 0.6) is 0 Å². The number of H-pyrrole nitrogens is 1. The fourth-order valence-corrected chi connectivity index (χ4v) is 1.54. The Morgan fingerprint density at radius 2 is 1.94 bits per heavy atom. The minimum Gasteiger partial charge on any atom is -0.379 e. The number of nitrogens with one attached hydrogen (secondary N) is 1. The summed E-state index contributed by atoms with van der Waals surface area (Å²) in [5.74, 6) is -0.655. The highest BCUT2D eigenvalue weighted by Crippen LogP contribution is 2.36. The summed E-state index contributed by atoms with van der Waals surface area (Å²) in [5, 5.41) is 9.10. The summed E-state index contributed by atoms with van der Waals surface area (Å²) < 4.78 is 50.0. The number of fused-ring (bicyclic) bond motifs is 1. The fourth-order valence-electron chi connectivity index (χ4n) is 1.54. The van der Waals surface area contributed by atoms with E-state index in [4.69, 9.17) is 5.11 Å². The molecule has 0 saturated heterocycles. The maximum atomic E-state index is 13.2. The molecule has 1 aromatic heterocycles. The number of alkyl halides is 3. The molecule has 0 spiro atoms. The molecule has 0 saturated carbocycles. The first-order valence-electron chi connectivity index (χ1n) is 4.41. The van der Waals surface area contributed by atoms with Gasteiger partial charge in [-0.1, -0.05) is 12.1 Å². The Labute approximate surface area is 87.5 Å². The molecule has 6 heteroatoms. The number of aromatic nitrogens is 1. The van der Waals surface area contributed by atoms with Crippen LogP contribution in [-0.2, 0) is 0 Å². The van der Waals surface area contributed by atoms with Gasteiger partial charge in [0.25, 0.3) is 0 Å². The average Bonchev–Trinajstić information content (AvgIpc) is 2.60. The van der Waals surface area contributed by atoms with Gasteiger partial charge in [0.1, 0.15) is 5.82 Å². The molecular formula is C10H7F4NO. The monoisotopic (exact) mass is 233 g/mol. The summed E-state index contributed by atoms with van der Waals surface area (Å²) >= 11 is 0.